The highest BCUT2D eigenvalue weighted by Gasteiger charge is 2.18. The van der Waals surface area contributed by atoms with Crippen molar-refractivity contribution < 1.29 is 8.78 Å². The minimum absolute atomic E-state index is 0.170. The lowest BCUT2D eigenvalue weighted by Gasteiger charge is -2.35. The summed E-state index contributed by atoms with van der Waals surface area (Å²) >= 11 is 0. The van der Waals surface area contributed by atoms with Crippen molar-refractivity contribution >= 4 is 45.2 Å². The summed E-state index contributed by atoms with van der Waals surface area (Å²) in [6.45, 7) is 8.19. The van der Waals surface area contributed by atoms with Gasteiger partial charge >= 0.3 is 0 Å². The molecule has 0 spiro atoms. The molecule has 0 radical (unpaired) electrons. The third kappa shape index (κ3) is 5.20. The number of hydrogen-bond acceptors (Lipinski definition) is 5. The first-order valence-corrected chi connectivity index (χ1v) is 13.7. The molecule has 0 amide bonds. The largest absolute Gasteiger partial charge is 0.369 e. The predicted octanol–water partition coefficient (Wildman–Crippen LogP) is 5.89. The number of piperazine rings is 1. The summed E-state index contributed by atoms with van der Waals surface area (Å²) in [6, 6.07) is 15.1. The van der Waals surface area contributed by atoms with Crippen molar-refractivity contribution in [2.45, 2.75) is 13.8 Å². The van der Waals surface area contributed by atoms with E-state index in [1.54, 1.807) is 6.07 Å². The van der Waals surface area contributed by atoms with Gasteiger partial charge < -0.3 is 19.8 Å². The van der Waals surface area contributed by atoms with Crippen LogP contribution in [0.2, 0.25) is 0 Å². The number of halogens is 2. The Morgan fingerprint density at radius 1 is 0.976 bits per heavy atom. The van der Waals surface area contributed by atoms with Gasteiger partial charge in [-0.1, -0.05) is 12.1 Å². The third-order valence-electron chi connectivity index (χ3n) is 7.97. The Bertz CT molecular complexity index is 1830. The number of pyridine rings is 1. The smallest absolute Gasteiger partial charge is 0.258 e. The van der Waals surface area contributed by atoms with E-state index in [2.05, 4.69) is 26.2 Å². The van der Waals surface area contributed by atoms with E-state index in [0.29, 0.717) is 16.9 Å². The van der Waals surface area contributed by atoms with Crippen LogP contribution in [0.4, 0.5) is 26.1 Å². The normalized spacial score (nSPS) is 14.5. The Labute approximate surface area is 236 Å². The lowest BCUT2D eigenvalue weighted by Crippen LogP contribution is -2.46. The summed E-state index contributed by atoms with van der Waals surface area (Å²) < 4.78 is 28.7. The Kier molecular flexibility index (Phi) is 7.05. The molecule has 0 atom stereocenters. The van der Waals surface area contributed by atoms with Crippen molar-refractivity contribution in [1.29, 1.82) is 0 Å². The molecule has 7 nitrogen and oxygen atoms in total. The predicted molar refractivity (Wildman–Crippen MR) is 162 cm³/mol. The second-order valence-electron chi connectivity index (χ2n) is 10.6. The molecule has 3 aromatic carbocycles. The molecule has 210 valence electrons. The van der Waals surface area contributed by atoms with Crippen LogP contribution in [0, 0.1) is 25.5 Å². The molecule has 9 heteroatoms. The van der Waals surface area contributed by atoms with Gasteiger partial charge in [0.05, 0.1) is 16.4 Å². The van der Waals surface area contributed by atoms with Gasteiger partial charge in [0.2, 0.25) is 5.95 Å². The van der Waals surface area contributed by atoms with E-state index in [4.69, 9.17) is 4.98 Å². The molecule has 1 aliphatic rings. The zero-order chi connectivity index (χ0) is 28.7. The van der Waals surface area contributed by atoms with Crippen molar-refractivity contribution in [3.8, 4) is 0 Å². The highest BCUT2D eigenvalue weighted by atomic mass is 19.1. The molecular formula is C32H32F2N6O. The van der Waals surface area contributed by atoms with E-state index in [1.165, 1.54) is 24.3 Å². The quantitative estimate of drug-likeness (QED) is 0.274. The van der Waals surface area contributed by atoms with Crippen molar-refractivity contribution in [2.24, 2.45) is 7.05 Å². The topological polar surface area (TPSA) is 69.2 Å². The van der Waals surface area contributed by atoms with Crippen LogP contribution in [0.25, 0.3) is 27.9 Å². The van der Waals surface area contributed by atoms with E-state index < -0.39 is 0 Å². The van der Waals surface area contributed by atoms with Crippen LogP contribution < -0.4 is 15.8 Å². The summed E-state index contributed by atoms with van der Waals surface area (Å²) in [6.07, 6.45) is 4.08. The second-order valence-corrected chi connectivity index (χ2v) is 10.6. The number of imidazole rings is 1. The van der Waals surface area contributed by atoms with Crippen LogP contribution in [-0.4, -0.2) is 52.2 Å². The summed E-state index contributed by atoms with van der Waals surface area (Å²) in [5.74, 6) is 0.0612. The van der Waals surface area contributed by atoms with Gasteiger partial charge in [-0.2, -0.15) is 0 Å². The third-order valence-corrected chi connectivity index (χ3v) is 7.97. The molecule has 0 unspecified atom stereocenters. The summed E-state index contributed by atoms with van der Waals surface area (Å²) in [5, 5.41) is 4.75. The van der Waals surface area contributed by atoms with E-state index in [1.807, 2.05) is 55.8 Å². The van der Waals surface area contributed by atoms with E-state index in [0.717, 1.165) is 71.8 Å². The lowest BCUT2D eigenvalue weighted by molar-refractivity contribution is 0.284. The van der Waals surface area contributed by atoms with Gasteiger partial charge in [0.25, 0.3) is 5.56 Å². The molecule has 5 aromatic rings. The Morgan fingerprint density at radius 3 is 2.44 bits per heavy atom. The Morgan fingerprint density at radius 2 is 1.71 bits per heavy atom. The van der Waals surface area contributed by atoms with Crippen molar-refractivity contribution in [3.05, 3.63) is 99.5 Å². The van der Waals surface area contributed by atoms with Gasteiger partial charge in [-0.3, -0.25) is 9.69 Å². The number of aromatic nitrogens is 3. The summed E-state index contributed by atoms with van der Waals surface area (Å²) in [5.41, 5.74) is 5.61. The Hall–Kier alpha value is -4.50. The fourth-order valence-corrected chi connectivity index (χ4v) is 5.60. The SMILES string of the molecule is Cc1cc(F)ccc1Nc1nc2ccc3c(C)c(C=CCN4CCN(c5ccc(F)cc5)CC4)[nH]c(=O)c3c2n1C. The number of benzene rings is 3. The molecule has 0 saturated carbocycles. The second kappa shape index (κ2) is 10.8. The highest BCUT2D eigenvalue weighted by Crippen LogP contribution is 2.30. The first kappa shape index (κ1) is 26.7. The number of anilines is 3. The average molecular weight is 555 g/mol. The minimum atomic E-state index is -0.291. The van der Waals surface area contributed by atoms with Gasteiger partial charge in [0.1, 0.15) is 11.6 Å². The first-order chi connectivity index (χ1) is 19.8. The number of aromatic amines is 1. The number of H-pyrrole nitrogens is 1. The first-order valence-electron chi connectivity index (χ1n) is 13.7. The summed E-state index contributed by atoms with van der Waals surface area (Å²) in [4.78, 5) is 25.8. The molecule has 6 rings (SSSR count). The zero-order valence-electron chi connectivity index (χ0n) is 23.3. The van der Waals surface area contributed by atoms with E-state index in [-0.39, 0.29) is 17.2 Å². The number of rotatable bonds is 6. The van der Waals surface area contributed by atoms with Gasteiger partial charge in [0.15, 0.2) is 0 Å². The van der Waals surface area contributed by atoms with Gasteiger partial charge in [-0.05, 0) is 85.0 Å². The van der Waals surface area contributed by atoms with Crippen molar-refractivity contribution in [1.82, 2.24) is 19.4 Å². The maximum Gasteiger partial charge on any atom is 0.258 e. The maximum absolute atomic E-state index is 13.6. The number of fused-ring (bicyclic) bond motifs is 3. The highest BCUT2D eigenvalue weighted by molar-refractivity contribution is 6.06. The minimum Gasteiger partial charge on any atom is -0.369 e. The van der Waals surface area contributed by atoms with E-state index in [9.17, 15) is 13.6 Å². The number of hydrogen-bond donors (Lipinski definition) is 2. The van der Waals surface area contributed by atoms with Crippen LogP contribution in [-0.2, 0) is 7.05 Å². The molecule has 1 fully saturated rings. The van der Waals surface area contributed by atoms with Crippen LogP contribution >= 0.6 is 0 Å². The van der Waals surface area contributed by atoms with Gasteiger partial charge in [-0.25, -0.2) is 13.8 Å². The Balaban J connectivity index is 1.21. The zero-order valence-corrected chi connectivity index (χ0v) is 23.3. The fourth-order valence-electron chi connectivity index (χ4n) is 5.60. The average Bonchev–Trinajstić information content (AvgIpc) is 3.28. The van der Waals surface area contributed by atoms with Crippen LogP contribution in [0.3, 0.4) is 0 Å². The molecular weight excluding hydrogens is 522 g/mol. The molecule has 3 heterocycles. The molecule has 2 aromatic heterocycles. The summed E-state index contributed by atoms with van der Waals surface area (Å²) in [7, 11) is 1.87. The lowest BCUT2D eigenvalue weighted by atomic mass is 10.0. The molecule has 0 bridgehead atoms. The van der Waals surface area contributed by atoms with E-state index >= 15 is 0 Å². The molecule has 41 heavy (non-hydrogen) atoms. The van der Waals surface area contributed by atoms with Gasteiger partial charge in [-0.15, -0.1) is 0 Å². The van der Waals surface area contributed by atoms with Crippen LogP contribution in [0.5, 0.6) is 0 Å². The van der Waals surface area contributed by atoms with Crippen molar-refractivity contribution in [3.63, 3.8) is 0 Å². The number of nitrogens with zero attached hydrogens (tertiary/aromatic N) is 4. The standard InChI is InChI=1S/C32H32F2N6O/c1-20-19-23(34)8-12-26(20)36-32-37-28-13-11-25-21(2)27(35-31(41)29(25)30(28)38(32)3)5-4-14-39-15-17-40(18-16-39)24-9-6-22(33)7-10-24/h4-13,19H,14-18H2,1-3H3,(H,35,41)(H,36,37). The van der Waals surface area contributed by atoms with Crippen molar-refractivity contribution in [2.75, 3.05) is 42.9 Å². The number of nitrogens with one attached hydrogen (secondary N) is 2. The molecule has 2 N–H and O–H groups in total. The molecule has 1 saturated heterocycles. The van der Waals surface area contributed by atoms with Crippen LogP contribution in [0.1, 0.15) is 16.8 Å². The van der Waals surface area contributed by atoms with Gasteiger partial charge in [0, 0.05) is 56.8 Å². The molecule has 0 aliphatic carbocycles. The fraction of sp³-hybridized carbons (Fsp3) is 0.250. The number of aryl methyl sites for hydroxylation is 3. The van der Waals surface area contributed by atoms with Crippen LogP contribution in [0.15, 0.2) is 65.5 Å². The molecule has 1 aliphatic heterocycles. The maximum atomic E-state index is 13.6. The monoisotopic (exact) mass is 554 g/mol.